The number of hydrogen-bond donors (Lipinski definition) is 1. The molecule has 0 aliphatic rings. The lowest BCUT2D eigenvalue weighted by Gasteiger charge is -2.21. The molecule has 0 spiro atoms. The third-order valence-corrected chi connectivity index (χ3v) is 4.81. The van der Waals surface area contributed by atoms with E-state index in [4.69, 9.17) is 0 Å². The quantitative estimate of drug-likeness (QED) is 0.685. The highest BCUT2D eigenvalue weighted by atomic mass is 16.5. The first-order chi connectivity index (χ1) is 13.9. The van der Waals surface area contributed by atoms with Crippen molar-refractivity contribution in [3.8, 4) is 0 Å². The molecular formula is C23H28N2O4. The molecule has 0 fully saturated rings. The number of hydrogen-bond acceptors (Lipinski definition) is 4. The van der Waals surface area contributed by atoms with Crippen molar-refractivity contribution in [2.45, 2.75) is 40.0 Å². The Hall–Kier alpha value is -3.15. The Labute approximate surface area is 171 Å². The highest BCUT2D eigenvalue weighted by Gasteiger charge is 2.16. The van der Waals surface area contributed by atoms with Gasteiger partial charge in [0.15, 0.2) is 0 Å². The van der Waals surface area contributed by atoms with Gasteiger partial charge >= 0.3 is 5.97 Å². The fraction of sp³-hybridized carbons (Fsp3) is 0.348. The highest BCUT2D eigenvalue weighted by Crippen LogP contribution is 2.23. The number of ether oxygens (including phenoxy) is 1. The number of esters is 1. The normalized spacial score (nSPS) is 10.3. The van der Waals surface area contributed by atoms with Crippen molar-refractivity contribution >= 4 is 29.2 Å². The lowest BCUT2D eigenvalue weighted by Crippen LogP contribution is -2.32. The van der Waals surface area contributed by atoms with Gasteiger partial charge in [0.1, 0.15) is 0 Å². The minimum absolute atomic E-state index is 0.141. The van der Waals surface area contributed by atoms with Crippen LogP contribution in [0.25, 0.3) is 0 Å². The SMILES string of the molecule is CCc1cccc(CC)c1NC(=O)CCN(C(C)=O)c1ccc(C(=O)OC)cc1. The van der Waals surface area contributed by atoms with Gasteiger partial charge in [0, 0.05) is 31.3 Å². The molecule has 0 aliphatic carbocycles. The van der Waals surface area contributed by atoms with E-state index in [0.29, 0.717) is 11.3 Å². The summed E-state index contributed by atoms with van der Waals surface area (Å²) in [4.78, 5) is 37.8. The number of benzene rings is 2. The van der Waals surface area contributed by atoms with E-state index in [0.717, 1.165) is 29.7 Å². The Morgan fingerprint density at radius 1 is 0.966 bits per heavy atom. The Bertz CT molecular complexity index is 853. The highest BCUT2D eigenvalue weighted by molar-refractivity contribution is 5.96. The van der Waals surface area contributed by atoms with Crippen LogP contribution in [0.3, 0.4) is 0 Å². The zero-order valence-electron chi connectivity index (χ0n) is 17.5. The molecule has 0 aromatic heterocycles. The lowest BCUT2D eigenvalue weighted by molar-refractivity contribution is -0.117. The molecule has 6 nitrogen and oxygen atoms in total. The Morgan fingerprint density at radius 2 is 1.55 bits per heavy atom. The van der Waals surface area contributed by atoms with Crippen molar-refractivity contribution < 1.29 is 19.1 Å². The van der Waals surface area contributed by atoms with Crippen molar-refractivity contribution in [3.05, 3.63) is 59.2 Å². The third kappa shape index (κ3) is 5.67. The fourth-order valence-corrected chi connectivity index (χ4v) is 3.18. The van der Waals surface area contributed by atoms with Gasteiger partial charge in [-0.25, -0.2) is 4.79 Å². The molecule has 0 bridgehead atoms. The number of amides is 2. The summed E-state index contributed by atoms with van der Waals surface area (Å²) >= 11 is 0. The van der Waals surface area contributed by atoms with Gasteiger partial charge in [-0.2, -0.15) is 0 Å². The van der Waals surface area contributed by atoms with Crippen molar-refractivity contribution in [3.63, 3.8) is 0 Å². The summed E-state index contributed by atoms with van der Waals surface area (Å²) in [6.07, 6.45) is 1.82. The van der Waals surface area contributed by atoms with E-state index in [1.807, 2.05) is 18.2 Å². The van der Waals surface area contributed by atoms with Crippen LogP contribution < -0.4 is 10.2 Å². The zero-order valence-corrected chi connectivity index (χ0v) is 17.5. The molecule has 1 N–H and O–H groups in total. The van der Waals surface area contributed by atoms with Crippen LogP contribution in [0.15, 0.2) is 42.5 Å². The Kier molecular flexibility index (Phi) is 7.95. The van der Waals surface area contributed by atoms with E-state index in [1.54, 1.807) is 24.3 Å². The standard InChI is InChI=1S/C23H28N2O4/c1-5-17-8-7-9-18(6-2)22(17)24-21(27)14-15-25(16(3)26)20-12-10-19(11-13-20)23(28)29-4/h7-13H,5-6,14-15H2,1-4H3,(H,24,27). The fourth-order valence-electron chi connectivity index (χ4n) is 3.18. The van der Waals surface area contributed by atoms with Crippen LogP contribution in [0.1, 0.15) is 48.7 Å². The van der Waals surface area contributed by atoms with Crippen LogP contribution in [0.4, 0.5) is 11.4 Å². The van der Waals surface area contributed by atoms with Crippen LogP contribution in [-0.2, 0) is 27.2 Å². The number of nitrogens with one attached hydrogen (secondary N) is 1. The second-order valence-corrected chi connectivity index (χ2v) is 6.67. The van der Waals surface area contributed by atoms with Crippen LogP contribution in [0, 0.1) is 0 Å². The minimum Gasteiger partial charge on any atom is -0.465 e. The molecule has 0 saturated heterocycles. The van der Waals surface area contributed by atoms with Gasteiger partial charge in [0.05, 0.1) is 12.7 Å². The molecule has 0 radical (unpaired) electrons. The molecular weight excluding hydrogens is 368 g/mol. The van der Waals surface area contributed by atoms with Crippen molar-refractivity contribution in [1.82, 2.24) is 0 Å². The number of para-hydroxylation sites is 1. The second kappa shape index (κ2) is 10.4. The summed E-state index contributed by atoms with van der Waals surface area (Å²) in [7, 11) is 1.32. The maximum absolute atomic E-state index is 12.6. The average Bonchev–Trinajstić information content (AvgIpc) is 2.73. The van der Waals surface area contributed by atoms with Crippen molar-refractivity contribution in [2.24, 2.45) is 0 Å². The molecule has 6 heteroatoms. The molecule has 2 aromatic rings. The summed E-state index contributed by atoms with van der Waals surface area (Å²) in [5.41, 5.74) is 4.10. The maximum atomic E-state index is 12.6. The van der Waals surface area contributed by atoms with E-state index in [1.165, 1.54) is 18.9 Å². The maximum Gasteiger partial charge on any atom is 0.337 e. The molecule has 2 aromatic carbocycles. The summed E-state index contributed by atoms with van der Waals surface area (Å²) in [5.74, 6) is -0.753. The van der Waals surface area contributed by atoms with Crippen LogP contribution in [-0.4, -0.2) is 31.4 Å². The van der Waals surface area contributed by atoms with Crippen molar-refractivity contribution in [1.29, 1.82) is 0 Å². The smallest absolute Gasteiger partial charge is 0.337 e. The van der Waals surface area contributed by atoms with Gasteiger partial charge in [-0.3, -0.25) is 9.59 Å². The third-order valence-electron chi connectivity index (χ3n) is 4.81. The summed E-state index contributed by atoms with van der Waals surface area (Å²) in [5, 5.41) is 3.02. The van der Waals surface area contributed by atoms with Gasteiger partial charge in [-0.15, -0.1) is 0 Å². The number of carbonyl (C=O) groups excluding carboxylic acids is 3. The van der Waals surface area contributed by atoms with E-state index in [9.17, 15) is 14.4 Å². The lowest BCUT2D eigenvalue weighted by atomic mass is 10.0. The number of rotatable bonds is 8. The summed E-state index contributed by atoms with van der Waals surface area (Å²) < 4.78 is 4.68. The molecule has 0 atom stereocenters. The monoisotopic (exact) mass is 396 g/mol. The first-order valence-corrected chi connectivity index (χ1v) is 9.78. The van der Waals surface area contributed by atoms with Gasteiger partial charge < -0.3 is 15.0 Å². The Morgan fingerprint density at radius 3 is 2.03 bits per heavy atom. The van der Waals surface area contributed by atoms with E-state index < -0.39 is 5.97 Å². The molecule has 0 saturated carbocycles. The predicted octanol–water partition coefficient (Wildman–Crippen LogP) is 3.98. The minimum atomic E-state index is -0.438. The Balaban J connectivity index is 2.09. The number of aryl methyl sites for hydroxylation is 2. The molecule has 0 aliphatic heterocycles. The largest absolute Gasteiger partial charge is 0.465 e. The second-order valence-electron chi connectivity index (χ2n) is 6.67. The first-order valence-electron chi connectivity index (χ1n) is 9.78. The molecule has 0 unspecified atom stereocenters. The number of nitrogens with zero attached hydrogens (tertiary/aromatic N) is 1. The van der Waals surface area contributed by atoms with Crippen LogP contribution >= 0.6 is 0 Å². The number of anilines is 2. The molecule has 29 heavy (non-hydrogen) atoms. The van der Waals surface area contributed by atoms with Gasteiger partial charge in [0.25, 0.3) is 0 Å². The van der Waals surface area contributed by atoms with E-state index >= 15 is 0 Å². The van der Waals surface area contributed by atoms with Crippen molar-refractivity contribution in [2.75, 3.05) is 23.9 Å². The van der Waals surface area contributed by atoms with E-state index in [2.05, 4.69) is 23.9 Å². The topological polar surface area (TPSA) is 75.7 Å². The molecule has 2 rings (SSSR count). The van der Waals surface area contributed by atoms with Gasteiger partial charge in [0.2, 0.25) is 11.8 Å². The summed E-state index contributed by atoms with van der Waals surface area (Å²) in [6.45, 7) is 5.81. The number of carbonyl (C=O) groups is 3. The van der Waals surface area contributed by atoms with Gasteiger partial charge in [-0.1, -0.05) is 32.0 Å². The molecule has 2 amide bonds. The average molecular weight is 396 g/mol. The van der Waals surface area contributed by atoms with Crippen LogP contribution in [0.5, 0.6) is 0 Å². The summed E-state index contributed by atoms with van der Waals surface area (Å²) in [6, 6.07) is 12.6. The predicted molar refractivity (Wildman–Crippen MR) is 114 cm³/mol. The molecule has 0 heterocycles. The number of methoxy groups -OCH3 is 1. The van der Waals surface area contributed by atoms with E-state index in [-0.39, 0.29) is 24.8 Å². The molecule has 154 valence electrons. The van der Waals surface area contributed by atoms with Crippen LogP contribution in [0.2, 0.25) is 0 Å². The zero-order chi connectivity index (χ0) is 21.4. The van der Waals surface area contributed by atoms with Gasteiger partial charge in [-0.05, 0) is 48.2 Å². The first kappa shape index (κ1) is 22.1.